The van der Waals surface area contributed by atoms with Gasteiger partial charge < -0.3 is 15.7 Å². The maximum atomic E-state index is 12.4. The van der Waals surface area contributed by atoms with Crippen LogP contribution in [0.25, 0.3) is 0 Å². The Morgan fingerprint density at radius 3 is 2.79 bits per heavy atom. The van der Waals surface area contributed by atoms with Crippen molar-refractivity contribution < 1.29 is 9.90 Å². The normalized spacial score (nSPS) is 24.7. The van der Waals surface area contributed by atoms with Crippen molar-refractivity contribution in [3.63, 3.8) is 0 Å². The van der Waals surface area contributed by atoms with E-state index in [9.17, 15) is 9.90 Å². The molecule has 4 heteroatoms. The Hall–Kier alpha value is -1.39. The van der Waals surface area contributed by atoms with Gasteiger partial charge in [-0.05, 0) is 31.9 Å². The van der Waals surface area contributed by atoms with Crippen LogP contribution in [0.4, 0.5) is 0 Å². The van der Waals surface area contributed by atoms with Gasteiger partial charge in [0.05, 0.1) is 18.1 Å². The van der Waals surface area contributed by atoms with E-state index in [1.807, 2.05) is 37.3 Å². The molecule has 1 aliphatic heterocycles. The minimum Gasteiger partial charge on any atom is -0.394 e. The molecule has 4 nitrogen and oxygen atoms in total. The first-order valence-corrected chi connectivity index (χ1v) is 6.83. The number of amides is 1. The largest absolute Gasteiger partial charge is 0.394 e. The second-order valence-electron chi connectivity index (χ2n) is 5.46. The summed E-state index contributed by atoms with van der Waals surface area (Å²) in [5, 5.41) is 15.7. The summed E-state index contributed by atoms with van der Waals surface area (Å²) in [6, 6.07) is 9.26. The van der Waals surface area contributed by atoms with Crippen LogP contribution in [0.3, 0.4) is 0 Å². The standard InChI is InChI=1S/C15H22N2O2/c1-15(8-5-9-16-11-15)14(19)17-13(10-18)12-6-3-2-4-7-12/h2-4,6-7,13,16,18H,5,8-11H2,1H3,(H,17,19)/t13-,15?/m0/s1. The number of carbonyl (C=O) groups is 1. The fourth-order valence-corrected chi connectivity index (χ4v) is 2.50. The number of benzene rings is 1. The molecular weight excluding hydrogens is 240 g/mol. The van der Waals surface area contributed by atoms with Crippen LogP contribution in [0.2, 0.25) is 0 Å². The van der Waals surface area contributed by atoms with E-state index >= 15 is 0 Å². The van der Waals surface area contributed by atoms with Crippen LogP contribution in [0, 0.1) is 5.41 Å². The molecule has 1 unspecified atom stereocenters. The number of carbonyl (C=O) groups excluding carboxylic acids is 1. The summed E-state index contributed by atoms with van der Waals surface area (Å²) < 4.78 is 0. The molecule has 1 fully saturated rings. The van der Waals surface area contributed by atoms with Crippen LogP contribution < -0.4 is 10.6 Å². The fourth-order valence-electron chi connectivity index (χ4n) is 2.50. The van der Waals surface area contributed by atoms with Gasteiger partial charge in [0.2, 0.25) is 5.91 Å². The lowest BCUT2D eigenvalue weighted by Gasteiger charge is -2.34. The van der Waals surface area contributed by atoms with Gasteiger partial charge in [-0.2, -0.15) is 0 Å². The van der Waals surface area contributed by atoms with Crippen molar-refractivity contribution in [3.05, 3.63) is 35.9 Å². The van der Waals surface area contributed by atoms with Crippen LogP contribution in [-0.2, 0) is 4.79 Å². The van der Waals surface area contributed by atoms with Crippen LogP contribution in [0.5, 0.6) is 0 Å². The van der Waals surface area contributed by atoms with E-state index in [0.29, 0.717) is 6.54 Å². The molecule has 1 amide bonds. The molecular formula is C15H22N2O2. The average Bonchev–Trinajstić information content (AvgIpc) is 2.46. The molecule has 1 saturated heterocycles. The summed E-state index contributed by atoms with van der Waals surface area (Å²) in [5.41, 5.74) is 0.561. The lowest BCUT2D eigenvalue weighted by Crippen LogP contribution is -2.49. The number of aliphatic hydroxyl groups excluding tert-OH is 1. The summed E-state index contributed by atoms with van der Waals surface area (Å²) in [4.78, 5) is 12.4. The van der Waals surface area contributed by atoms with Crippen molar-refractivity contribution >= 4 is 5.91 Å². The predicted molar refractivity (Wildman–Crippen MR) is 74.6 cm³/mol. The van der Waals surface area contributed by atoms with Gasteiger partial charge in [-0.15, -0.1) is 0 Å². The summed E-state index contributed by atoms with van der Waals surface area (Å²) in [6.07, 6.45) is 1.90. The predicted octanol–water partition coefficient (Wildman–Crippen LogP) is 1.23. The first-order chi connectivity index (χ1) is 9.15. The Labute approximate surface area is 114 Å². The summed E-state index contributed by atoms with van der Waals surface area (Å²) in [5.74, 6) is 0.0163. The zero-order chi connectivity index (χ0) is 13.7. The smallest absolute Gasteiger partial charge is 0.227 e. The van der Waals surface area contributed by atoms with Crippen molar-refractivity contribution in [2.45, 2.75) is 25.8 Å². The Bertz CT molecular complexity index is 413. The maximum absolute atomic E-state index is 12.4. The number of piperidine rings is 1. The number of rotatable bonds is 4. The minimum absolute atomic E-state index is 0.0163. The van der Waals surface area contributed by atoms with Gasteiger partial charge in [0.1, 0.15) is 0 Å². The lowest BCUT2D eigenvalue weighted by atomic mass is 9.81. The summed E-state index contributed by atoms with van der Waals surface area (Å²) in [7, 11) is 0. The van der Waals surface area contributed by atoms with Gasteiger partial charge in [-0.3, -0.25) is 4.79 Å². The van der Waals surface area contributed by atoms with Crippen molar-refractivity contribution in [2.75, 3.05) is 19.7 Å². The molecule has 0 aliphatic carbocycles. The molecule has 2 atom stereocenters. The molecule has 1 heterocycles. The Morgan fingerprint density at radius 2 is 2.21 bits per heavy atom. The highest BCUT2D eigenvalue weighted by Crippen LogP contribution is 2.26. The van der Waals surface area contributed by atoms with Gasteiger partial charge in [-0.1, -0.05) is 30.3 Å². The van der Waals surface area contributed by atoms with Crippen LogP contribution in [0.1, 0.15) is 31.4 Å². The second kappa shape index (κ2) is 6.17. The number of hydrogen-bond donors (Lipinski definition) is 3. The molecule has 0 spiro atoms. The molecule has 1 aromatic carbocycles. The second-order valence-corrected chi connectivity index (χ2v) is 5.46. The zero-order valence-corrected chi connectivity index (χ0v) is 11.4. The maximum Gasteiger partial charge on any atom is 0.227 e. The number of aliphatic hydroxyl groups is 1. The van der Waals surface area contributed by atoms with E-state index in [2.05, 4.69) is 10.6 Å². The quantitative estimate of drug-likeness (QED) is 0.765. The summed E-state index contributed by atoms with van der Waals surface area (Å²) >= 11 is 0. The third-order valence-corrected chi connectivity index (χ3v) is 3.84. The molecule has 1 aliphatic rings. The molecule has 0 saturated carbocycles. The highest BCUT2D eigenvalue weighted by atomic mass is 16.3. The minimum atomic E-state index is -0.375. The molecule has 2 rings (SSSR count). The fraction of sp³-hybridized carbons (Fsp3) is 0.533. The van der Waals surface area contributed by atoms with Crippen molar-refractivity contribution in [1.82, 2.24) is 10.6 Å². The van der Waals surface area contributed by atoms with E-state index < -0.39 is 0 Å². The van der Waals surface area contributed by atoms with E-state index in [0.717, 1.165) is 24.9 Å². The zero-order valence-electron chi connectivity index (χ0n) is 11.4. The third kappa shape index (κ3) is 3.33. The lowest BCUT2D eigenvalue weighted by molar-refractivity contribution is -0.132. The van der Waals surface area contributed by atoms with Crippen LogP contribution in [0.15, 0.2) is 30.3 Å². The van der Waals surface area contributed by atoms with Crippen molar-refractivity contribution in [2.24, 2.45) is 5.41 Å². The van der Waals surface area contributed by atoms with Gasteiger partial charge in [-0.25, -0.2) is 0 Å². The number of nitrogens with one attached hydrogen (secondary N) is 2. The van der Waals surface area contributed by atoms with E-state index in [4.69, 9.17) is 0 Å². The van der Waals surface area contributed by atoms with Gasteiger partial charge in [0.15, 0.2) is 0 Å². The molecule has 1 aromatic rings. The van der Waals surface area contributed by atoms with E-state index in [1.54, 1.807) is 0 Å². The third-order valence-electron chi connectivity index (χ3n) is 3.84. The first kappa shape index (κ1) is 14.0. The molecule has 0 bridgehead atoms. The Kier molecular flexibility index (Phi) is 4.56. The Morgan fingerprint density at radius 1 is 1.47 bits per heavy atom. The van der Waals surface area contributed by atoms with Gasteiger partial charge in [0.25, 0.3) is 0 Å². The SMILES string of the molecule is CC1(C(=O)N[C@@H](CO)c2ccccc2)CCCNC1. The van der Waals surface area contributed by atoms with Crippen LogP contribution >= 0.6 is 0 Å². The van der Waals surface area contributed by atoms with Crippen molar-refractivity contribution in [3.8, 4) is 0 Å². The number of hydrogen-bond acceptors (Lipinski definition) is 3. The van der Waals surface area contributed by atoms with Gasteiger partial charge in [0, 0.05) is 6.54 Å². The monoisotopic (exact) mass is 262 g/mol. The summed E-state index contributed by atoms with van der Waals surface area (Å²) in [6.45, 7) is 3.57. The molecule has 0 radical (unpaired) electrons. The highest BCUT2D eigenvalue weighted by molar-refractivity contribution is 5.83. The van der Waals surface area contributed by atoms with E-state index in [-0.39, 0.29) is 24.0 Å². The van der Waals surface area contributed by atoms with Gasteiger partial charge >= 0.3 is 0 Å². The van der Waals surface area contributed by atoms with E-state index in [1.165, 1.54) is 0 Å². The molecule has 104 valence electrons. The first-order valence-electron chi connectivity index (χ1n) is 6.83. The average molecular weight is 262 g/mol. The van der Waals surface area contributed by atoms with Crippen molar-refractivity contribution in [1.29, 1.82) is 0 Å². The molecule has 19 heavy (non-hydrogen) atoms. The van der Waals surface area contributed by atoms with Crippen LogP contribution in [-0.4, -0.2) is 30.7 Å². The highest BCUT2D eigenvalue weighted by Gasteiger charge is 2.35. The molecule has 0 aromatic heterocycles. The Balaban J connectivity index is 2.04. The molecule has 3 N–H and O–H groups in total. The topological polar surface area (TPSA) is 61.4 Å².